The van der Waals surface area contributed by atoms with Crippen molar-refractivity contribution < 1.29 is 9.90 Å². The lowest BCUT2D eigenvalue weighted by Gasteiger charge is -2.10. The van der Waals surface area contributed by atoms with E-state index in [1.165, 1.54) is 10.6 Å². The van der Waals surface area contributed by atoms with Crippen LogP contribution in [0, 0.1) is 0 Å². The van der Waals surface area contributed by atoms with Crippen LogP contribution >= 0.6 is 0 Å². The number of aromatic amines is 1. The molecule has 4 aromatic heterocycles. The lowest BCUT2D eigenvalue weighted by Crippen LogP contribution is -2.27. The minimum atomic E-state index is -1.07. The van der Waals surface area contributed by atoms with Crippen molar-refractivity contribution in [2.75, 3.05) is 0 Å². The first-order valence-electron chi connectivity index (χ1n) is 12.5. The van der Waals surface area contributed by atoms with Gasteiger partial charge in [0.2, 0.25) is 5.82 Å². The van der Waals surface area contributed by atoms with Gasteiger partial charge < -0.3 is 9.67 Å². The molecular formula is C27H28N8O3. The van der Waals surface area contributed by atoms with Crippen molar-refractivity contribution >= 4 is 5.97 Å². The number of rotatable bonds is 10. The highest BCUT2D eigenvalue weighted by molar-refractivity contribution is 5.91. The van der Waals surface area contributed by atoms with Crippen LogP contribution < -0.4 is 5.69 Å². The van der Waals surface area contributed by atoms with E-state index < -0.39 is 5.97 Å². The first-order chi connectivity index (χ1) is 18.5. The molecule has 194 valence electrons. The summed E-state index contributed by atoms with van der Waals surface area (Å²) in [6.45, 7) is 4.87. The van der Waals surface area contributed by atoms with Gasteiger partial charge in [-0.05, 0) is 42.7 Å². The van der Waals surface area contributed by atoms with E-state index in [0.29, 0.717) is 31.2 Å². The van der Waals surface area contributed by atoms with Crippen molar-refractivity contribution in [3.05, 3.63) is 88.4 Å². The Morgan fingerprint density at radius 2 is 1.89 bits per heavy atom. The first kappa shape index (κ1) is 24.9. The number of aromatic nitrogens is 8. The number of unbranched alkanes of at least 4 members (excludes halogenated alkanes) is 1. The number of benzene rings is 1. The predicted octanol–water partition coefficient (Wildman–Crippen LogP) is 3.79. The maximum Gasteiger partial charge on any atom is 0.339 e. The third kappa shape index (κ3) is 4.65. The van der Waals surface area contributed by atoms with Crippen LogP contribution in [0.1, 0.15) is 48.3 Å². The van der Waals surface area contributed by atoms with E-state index in [1.807, 2.05) is 43.3 Å². The van der Waals surface area contributed by atoms with Crippen LogP contribution in [0.2, 0.25) is 0 Å². The van der Waals surface area contributed by atoms with Crippen LogP contribution in [-0.4, -0.2) is 50.4 Å². The zero-order valence-electron chi connectivity index (χ0n) is 21.2. The Balaban J connectivity index is 1.51. The summed E-state index contributed by atoms with van der Waals surface area (Å²) in [7, 11) is 0. The largest absolute Gasteiger partial charge is 0.478 e. The van der Waals surface area contributed by atoms with E-state index in [4.69, 9.17) is 0 Å². The first-order valence-corrected chi connectivity index (χ1v) is 12.5. The molecule has 0 fully saturated rings. The Morgan fingerprint density at radius 3 is 2.55 bits per heavy atom. The van der Waals surface area contributed by atoms with Crippen molar-refractivity contribution in [2.24, 2.45) is 0 Å². The fraction of sp³-hybridized carbons (Fsp3) is 0.259. The number of carboxylic acids is 1. The summed E-state index contributed by atoms with van der Waals surface area (Å²) in [6.07, 6.45) is 7.82. The molecule has 0 radical (unpaired) electrons. The fourth-order valence-electron chi connectivity index (χ4n) is 4.60. The molecule has 0 amide bonds. The standard InChI is InChI=1S/C27H28N8O3/c1-3-5-8-19-17-35(25-22(26(36)37)13-14-33(25)4-2)27(38)34(19)16-18-11-12-23(28-15-18)20-9-6-7-10-21(20)24-29-31-32-30-24/h6-7,9-15,17H,3-5,8,16H2,1-2H3,(H,36,37)(H,29,30,31,32). The number of H-pyrrole nitrogens is 1. The number of nitrogens with zero attached hydrogens (tertiary/aromatic N) is 7. The molecule has 11 heteroatoms. The summed E-state index contributed by atoms with van der Waals surface area (Å²) in [5.74, 6) is -0.214. The molecule has 0 saturated heterocycles. The van der Waals surface area contributed by atoms with E-state index in [1.54, 1.807) is 27.7 Å². The van der Waals surface area contributed by atoms with Gasteiger partial charge in [0.05, 0.1) is 12.2 Å². The van der Waals surface area contributed by atoms with Gasteiger partial charge in [-0.1, -0.05) is 43.7 Å². The van der Waals surface area contributed by atoms with Gasteiger partial charge in [-0.2, -0.15) is 5.21 Å². The molecule has 0 unspecified atom stereocenters. The molecule has 0 bridgehead atoms. The van der Waals surface area contributed by atoms with Crippen LogP contribution in [0.4, 0.5) is 0 Å². The molecule has 0 spiro atoms. The number of carbonyl (C=O) groups is 1. The van der Waals surface area contributed by atoms with Gasteiger partial charge in [0, 0.05) is 42.0 Å². The molecule has 4 heterocycles. The quantitative estimate of drug-likeness (QED) is 0.290. The Kier molecular flexibility index (Phi) is 6.98. The summed E-state index contributed by atoms with van der Waals surface area (Å²) in [6, 6.07) is 13.1. The van der Waals surface area contributed by atoms with E-state index in [0.717, 1.165) is 40.9 Å². The molecular weight excluding hydrogens is 484 g/mol. The topological polar surface area (TPSA) is 137 Å². The Labute approximate surface area is 218 Å². The number of aryl methyl sites for hydroxylation is 2. The van der Waals surface area contributed by atoms with Gasteiger partial charge >= 0.3 is 11.7 Å². The van der Waals surface area contributed by atoms with E-state index in [2.05, 4.69) is 32.5 Å². The Morgan fingerprint density at radius 1 is 1.08 bits per heavy atom. The number of hydrogen-bond acceptors (Lipinski definition) is 6. The minimum absolute atomic E-state index is 0.0967. The molecule has 0 atom stereocenters. The number of tetrazole rings is 1. The molecule has 11 nitrogen and oxygen atoms in total. The zero-order chi connectivity index (χ0) is 26.6. The highest BCUT2D eigenvalue weighted by atomic mass is 16.4. The van der Waals surface area contributed by atoms with Gasteiger partial charge in [-0.15, -0.1) is 10.2 Å². The molecule has 5 aromatic rings. The molecule has 1 aromatic carbocycles. The number of aromatic carboxylic acids is 1. The van der Waals surface area contributed by atoms with Gasteiger partial charge in [0.25, 0.3) is 0 Å². The highest BCUT2D eigenvalue weighted by Gasteiger charge is 2.21. The van der Waals surface area contributed by atoms with Crippen LogP contribution in [0.25, 0.3) is 28.5 Å². The number of carboxylic acid groups (broad SMARTS) is 1. The third-order valence-corrected chi connectivity index (χ3v) is 6.54. The third-order valence-electron chi connectivity index (χ3n) is 6.54. The highest BCUT2D eigenvalue weighted by Crippen LogP contribution is 2.28. The second-order valence-corrected chi connectivity index (χ2v) is 8.94. The number of imidazole rings is 1. The van der Waals surface area contributed by atoms with Crippen molar-refractivity contribution in [2.45, 2.75) is 46.2 Å². The molecule has 5 rings (SSSR count). The van der Waals surface area contributed by atoms with Crippen LogP contribution in [0.15, 0.2) is 65.8 Å². The SMILES string of the molecule is CCCCc1cn(-c2c(C(=O)O)ccn2CC)c(=O)n1Cc1ccc(-c2ccccc2-c2nn[nH]n2)nc1. The van der Waals surface area contributed by atoms with Crippen LogP contribution in [0.3, 0.4) is 0 Å². The van der Waals surface area contributed by atoms with Gasteiger partial charge in [-0.3, -0.25) is 14.1 Å². The lowest BCUT2D eigenvalue weighted by molar-refractivity contribution is 0.0697. The number of pyridine rings is 1. The summed E-state index contributed by atoms with van der Waals surface area (Å²) < 4.78 is 4.94. The number of hydrogen-bond donors (Lipinski definition) is 2. The maximum absolute atomic E-state index is 13.6. The summed E-state index contributed by atoms with van der Waals surface area (Å²) >= 11 is 0. The fourth-order valence-corrected chi connectivity index (χ4v) is 4.60. The average molecular weight is 513 g/mol. The summed E-state index contributed by atoms with van der Waals surface area (Å²) in [4.78, 5) is 30.2. The van der Waals surface area contributed by atoms with Crippen molar-refractivity contribution in [3.8, 4) is 28.5 Å². The van der Waals surface area contributed by atoms with Gasteiger partial charge in [0.15, 0.2) is 0 Å². The molecule has 0 saturated carbocycles. The Hall–Kier alpha value is -4.80. The molecule has 2 N–H and O–H groups in total. The van der Waals surface area contributed by atoms with Crippen molar-refractivity contribution in [3.63, 3.8) is 0 Å². The molecule has 0 aliphatic carbocycles. The van der Waals surface area contributed by atoms with Gasteiger partial charge in [0.1, 0.15) is 11.4 Å². The van der Waals surface area contributed by atoms with E-state index in [-0.39, 0.29) is 11.3 Å². The molecule has 0 aliphatic rings. The lowest BCUT2D eigenvalue weighted by atomic mass is 10.0. The normalized spacial score (nSPS) is 11.2. The summed E-state index contributed by atoms with van der Waals surface area (Å²) in [5, 5.41) is 24.0. The zero-order valence-corrected chi connectivity index (χ0v) is 21.2. The minimum Gasteiger partial charge on any atom is -0.478 e. The molecule has 38 heavy (non-hydrogen) atoms. The smallest absolute Gasteiger partial charge is 0.339 e. The Bertz CT molecular complexity index is 1610. The van der Waals surface area contributed by atoms with Crippen LogP contribution in [0.5, 0.6) is 0 Å². The van der Waals surface area contributed by atoms with E-state index >= 15 is 0 Å². The second-order valence-electron chi connectivity index (χ2n) is 8.94. The monoisotopic (exact) mass is 512 g/mol. The number of nitrogens with one attached hydrogen (secondary N) is 1. The van der Waals surface area contributed by atoms with Crippen molar-refractivity contribution in [1.82, 2.24) is 39.3 Å². The van der Waals surface area contributed by atoms with Gasteiger partial charge in [-0.25, -0.2) is 9.59 Å². The van der Waals surface area contributed by atoms with Crippen molar-refractivity contribution in [1.29, 1.82) is 0 Å². The second kappa shape index (κ2) is 10.7. The molecule has 0 aliphatic heterocycles. The predicted molar refractivity (Wildman–Crippen MR) is 141 cm³/mol. The van der Waals surface area contributed by atoms with E-state index in [9.17, 15) is 14.7 Å². The maximum atomic E-state index is 13.6. The van der Waals surface area contributed by atoms with Crippen LogP contribution in [-0.2, 0) is 19.5 Å². The summed E-state index contributed by atoms with van der Waals surface area (Å²) in [5.41, 5.74) is 3.95. The average Bonchev–Trinajstić information content (AvgIpc) is 3.68.